The van der Waals surface area contributed by atoms with Gasteiger partial charge in [-0.15, -0.1) is 0 Å². The number of unbranched alkanes of at least 4 members (excludes halogenated alkanes) is 3. The Labute approximate surface area is 133 Å². The highest BCUT2D eigenvalue weighted by Crippen LogP contribution is 2.09. The molecule has 0 bridgehead atoms. The first-order chi connectivity index (χ1) is 9.45. The molecule has 112 valence electrons. The normalized spacial score (nSPS) is 12.2. The van der Waals surface area contributed by atoms with E-state index in [-0.39, 0.29) is 23.1 Å². The van der Waals surface area contributed by atoms with E-state index in [9.17, 15) is 9.59 Å². The van der Waals surface area contributed by atoms with Gasteiger partial charge in [0.25, 0.3) is 11.5 Å². The SMILES string of the molecule is CCCCCC[C@@H](C)NC(=O)c1cc(I)c(C)[nH]c1=O. The third-order valence-corrected chi connectivity index (χ3v) is 4.41. The lowest BCUT2D eigenvalue weighted by atomic mass is 10.1. The van der Waals surface area contributed by atoms with Crippen LogP contribution in [0.4, 0.5) is 0 Å². The largest absolute Gasteiger partial charge is 0.349 e. The molecule has 2 N–H and O–H groups in total. The van der Waals surface area contributed by atoms with Gasteiger partial charge in [0.15, 0.2) is 0 Å². The number of aromatic nitrogens is 1. The van der Waals surface area contributed by atoms with Gasteiger partial charge in [-0.25, -0.2) is 0 Å². The Bertz CT molecular complexity index is 511. The number of hydrogen-bond acceptors (Lipinski definition) is 2. The van der Waals surface area contributed by atoms with E-state index in [2.05, 4.69) is 39.8 Å². The number of nitrogens with one attached hydrogen (secondary N) is 2. The molecule has 0 aromatic carbocycles. The van der Waals surface area contributed by atoms with Gasteiger partial charge in [0.2, 0.25) is 0 Å². The lowest BCUT2D eigenvalue weighted by Gasteiger charge is -2.13. The zero-order chi connectivity index (χ0) is 15.1. The van der Waals surface area contributed by atoms with E-state index in [1.807, 2.05) is 13.8 Å². The number of aromatic amines is 1. The smallest absolute Gasteiger partial charge is 0.261 e. The third-order valence-electron chi connectivity index (χ3n) is 3.29. The van der Waals surface area contributed by atoms with Crippen LogP contribution >= 0.6 is 22.6 Å². The molecule has 0 fully saturated rings. The zero-order valence-corrected chi connectivity index (χ0v) is 14.5. The Morgan fingerprint density at radius 3 is 2.75 bits per heavy atom. The van der Waals surface area contributed by atoms with Gasteiger partial charge >= 0.3 is 0 Å². The van der Waals surface area contributed by atoms with Crippen LogP contribution < -0.4 is 10.9 Å². The van der Waals surface area contributed by atoms with Crippen molar-refractivity contribution in [3.8, 4) is 0 Å². The fourth-order valence-corrected chi connectivity index (χ4v) is 2.46. The number of amides is 1. The van der Waals surface area contributed by atoms with E-state index in [0.29, 0.717) is 0 Å². The summed E-state index contributed by atoms with van der Waals surface area (Å²) in [7, 11) is 0. The van der Waals surface area contributed by atoms with Crippen molar-refractivity contribution in [1.29, 1.82) is 0 Å². The number of H-pyrrole nitrogens is 1. The van der Waals surface area contributed by atoms with Crippen molar-refractivity contribution in [2.45, 2.75) is 58.9 Å². The topological polar surface area (TPSA) is 62.0 Å². The fraction of sp³-hybridized carbons (Fsp3) is 0.600. The van der Waals surface area contributed by atoms with Crippen LogP contribution in [0.15, 0.2) is 10.9 Å². The summed E-state index contributed by atoms with van der Waals surface area (Å²) in [6.45, 7) is 5.98. The maximum atomic E-state index is 12.1. The Morgan fingerprint density at radius 1 is 1.40 bits per heavy atom. The van der Waals surface area contributed by atoms with Crippen molar-refractivity contribution in [3.63, 3.8) is 0 Å². The molecule has 0 aliphatic heterocycles. The van der Waals surface area contributed by atoms with Crippen molar-refractivity contribution in [1.82, 2.24) is 10.3 Å². The molecule has 1 atom stereocenters. The first kappa shape index (κ1) is 17.2. The lowest BCUT2D eigenvalue weighted by Crippen LogP contribution is -2.36. The van der Waals surface area contributed by atoms with E-state index in [1.54, 1.807) is 6.07 Å². The summed E-state index contributed by atoms with van der Waals surface area (Å²) in [5.74, 6) is -0.285. The highest BCUT2D eigenvalue weighted by atomic mass is 127. The lowest BCUT2D eigenvalue weighted by molar-refractivity contribution is 0.0936. The summed E-state index contributed by atoms with van der Waals surface area (Å²) < 4.78 is 0.892. The van der Waals surface area contributed by atoms with Gasteiger partial charge in [-0.05, 0) is 48.9 Å². The highest BCUT2D eigenvalue weighted by molar-refractivity contribution is 14.1. The van der Waals surface area contributed by atoms with E-state index in [4.69, 9.17) is 0 Å². The number of rotatable bonds is 7. The summed E-state index contributed by atoms with van der Waals surface area (Å²) in [4.78, 5) is 26.6. The highest BCUT2D eigenvalue weighted by Gasteiger charge is 2.14. The fourth-order valence-electron chi connectivity index (χ4n) is 2.02. The average molecular weight is 390 g/mol. The molecular weight excluding hydrogens is 367 g/mol. The molecule has 1 aromatic heterocycles. The van der Waals surface area contributed by atoms with Crippen molar-refractivity contribution < 1.29 is 4.79 Å². The Balaban J connectivity index is 2.58. The molecule has 1 rings (SSSR count). The van der Waals surface area contributed by atoms with Crippen LogP contribution in [0.2, 0.25) is 0 Å². The molecule has 1 aromatic rings. The first-order valence-corrected chi connectivity index (χ1v) is 8.23. The van der Waals surface area contributed by atoms with Crippen LogP contribution in [0, 0.1) is 10.5 Å². The molecule has 4 nitrogen and oxygen atoms in total. The minimum absolute atomic E-state index is 0.0951. The van der Waals surface area contributed by atoms with E-state index in [1.165, 1.54) is 19.3 Å². The number of halogens is 1. The summed E-state index contributed by atoms with van der Waals surface area (Å²) in [5, 5.41) is 2.90. The summed E-state index contributed by atoms with van der Waals surface area (Å²) >= 11 is 2.12. The van der Waals surface area contributed by atoms with Gasteiger partial charge in [0, 0.05) is 15.3 Å². The van der Waals surface area contributed by atoms with Crippen molar-refractivity contribution >= 4 is 28.5 Å². The van der Waals surface area contributed by atoms with Gasteiger partial charge in [-0.1, -0.05) is 32.6 Å². The van der Waals surface area contributed by atoms with Crippen LogP contribution in [0.25, 0.3) is 0 Å². The number of pyridine rings is 1. The molecule has 20 heavy (non-hydrogen) atoms. The minimum Gasteiger partial charge on any atom is -0.349 e. The molecule has 0 aliphatic rings. The number of hydrogen-bond donors (Lipinski definition) is 2. The summed E-state index contributed by atoms with van der Waals surface area (Å²) in [6.07, 6.45) is 5.69. The summed E-state index contributed by atoms with van der Waals surface area (Å²) in [6, 6.07) is 1.74. The first-order valence-electron chi connectivity index (χ1n) is 7.16. The molecule has 0 radical (unpaired) electrons. The van der Waals surface area contributed by atoms with E-state index >= 15 is 0 Å². The predicted molar refractivity (Wildman–Crippen MR) is 90.2 cm³/mol. The zero-order valence-electron chi connectivity index (χ0n) is 12.4. The molecule has 0 saturated heterocycles. The molecule has 5 heteroatoms. The molecular formula is C15H23IN2O2. The average Bonchev–Trinajstić information content (AvgIpc) is 2.38. The molecule has 1 amide bonds. The van der Waals surface area contributed by atoms with Crippen LogP contribution in [-0.4, -0.2) is 16.9 Å². The van der Waals surface area contributed by atoms with Gasteiger partial charge in [0.05, 0.1) is 0 Å². The molecule has 0 spiro atoms. The van der Waals surface area contributed by atoms with Crippen LogP contribution in [-0.2, 0) is 0 Å². The maximum absolute atomic E-state index is 12.1. The number of carbonyl (C=O) groups excluding carboxylic acids is 1. The molecule has 1 heterocycles. The van der Waals surface area contributed by atoms with Crippen molar-refractivity contribution in [2.75, 3.05) is 0 Å². The standard InChI is InChI=1S/C15H23IN2O2/c1-4-5-6-7-8-10(2)17-14(19)12-9-13(16)11(3)18-15(12)20/h9-10H,4-8H2,1-3H3,(H,17,19)(H,18,20)/t10-/m1/s1. The second-order valence-corrected chi connectivity index (χ2v) is 6.37. The van der Waals surface area contributed by atoms with Crippen LogP contribution in [0.3, 0.4) is 0 Å². The number of aryl methyl sites for hydroxylation is 1. The second kappa shape index (κ2) is 8.44. The van der Waals surface area contributed by atoms with E-state index < -0.39 is 0 Å². The Morgan fingerprint density at radius 2 is 2.10 bits per heavy atom. The van der Waals surface area contributed by atoms with Crippen molar-refractivity contribution in [2.24, 2.45) is 0 Å². The van der Waals surface area contributed by atoms with Gasteiger partial charge in [0.1, 0.15) is 5.56 Å². The van der Waals surface area contributed by atoms with E-state index in [0.717, 1.165) is 22.1 Å². The Kier molecular flexibility index (Phi) is 7.26. The predicted octanol–water partition coefficient (Wildman–Crippen LogP) is 3.38. The molecule has 0 saturated carbocycles. The quantitative estimate of drug-likeness (QED) is 0.554. The minimum atomic E-state index is -0.321. The summed E-state index contributed by atoms with van der Waals surface area (Å²) in [5.41, 5.74) is 0.666. The number of carbonyl (C=O) groups is 1. The Hall–Kier alpha value is -0.850. The second-order valence-electron chi connectivity index (χ2n) is 5.21. The third kappa shape index (κ3) is 5.26. The van der Waals surface area contributed by atoms with Crippen molar-refractivity contribution in [3.05, 3.63) is 31.2 Å². The van der Waals surface area contributed by atoms with Gasteiger partial charge in [-0.2, -0.15) is 0 Å². The van der Waals surface area contributed by atoms with Crippen LogP contribution in [0.1, 0.15) is 62.0 Å². The molecule has 0 aliphatic carbocycles. The maximum Gasteiger partial charge on any atom is 0.261 e. The monoisotopic (exact) mass is 390 g/mol. The van der Waals surface area contributed by atoms with Gasteiger partial charge < -0.3 is 10.3 Å². The molecule has 0 unspecified atom stereocenters. The van der Waals surface area contributed by atoms with Gasteiger partial charge in [-0.3, -0.25) is 9.59 Å². The van der Waals surface area contributed by atoms with Crippen LogP contribution in [0.5, 0.6) is 0 Å².